The highest BCUT2D eigenvalue weighted by Crippen LogP contribution is 2.22. The normalized spacial score (nSPS) is 10.5. The van der Waals surface area contributed by atoms with E-state index in [2.05, 4.69) is 10.3 Å². The van der Waals surface area contributed by atoms with E-state index in [-0.39, 0.29) is 12.4 Å². The lowest BCUT2D eigenvalue weighted by Crippen LogP contribution is -2.04. The maximum Gasteiger partial charge on any atom is 0.128 e. The maximum atomic E-state index is 14.3. The lowest BCUT2D eigenvalue weighted by atomic mass is 10.0. The zero-order valence-electron chi connectivity index (χ0n) is 12.5. The Labute approximate surface area is 134 Å². The van der Waals surface area contributed by atoms with Gasteiger partial charge in [0.15, 0.2) is 0 Å². The van der Waals surface area contributed by atoms with Gasteiger partial charge in [0.05, 0.1) is 6.61 Å². The summed E-state index contributed by atoms with van der Waals surface area (Å²) < 4.78 is 14.3. The molecule has 0 fully saturated rings. The molecule has 3 aromatic rings. The topological polar surface area (TPSA) is 45.1 Å². The van der Waals surface area contributed by atoms with E-state index < -0.39 is 0 Å². The molecular weight excluding hydrogens is 291 g/mol. The zero-order chi connectivity index (χ0) is 16.1. The lowest BCUT2D eigenvalue weighted by molar-refractivity contribution is 0.282. The van der Waals surface area contributed by atoms with Crippen LogP contribution in [0.2, 0.25) is 0 Å². The Morgan fingerprint density at radius 2 is 1.70 bits per heavy atom. The van der Waals surface area contributed by atoms with Crippen molar-refractivity contribution < 1.29 is 9.50 Å². The fourth-order valence-corrected chi connectivity index (χ4v) is 2.44. The number of para-hydroxylation sites is 1. The summed E-state index contributed by atoms with van der Waals surface area (Å²) in [6, 6.07) is 16.4. The Hall–Kier alpha value is -2.72. The molecule has 0 aliphatic heterocycles. The van der Waals surface area contributed by atoms with Gasteiger partial charge in [0.2, 0.25) is 0 Å². The predicted octanol–water partition coefficient (Wildman–Crippen LogP) is 3.99. The van der Waals surface area contributed by atoms with Crippen LogP contribution in [0, 0.1) is 5.82 Å². The van der Waals surface area contributed by atoms with Crippen molar-refractivity contribution in [2.45, 2.75) is 13.2 Å². The molecule has 1 aromatic heterocycles. The summed E-state index contributed by atoms with van der Waals surface area (Å²) in [4.78, 5) is 3.97. The van der Waals surface area contributed by atoms with Crippen molar-refractivity contribution >= 4 is 5.69 Å². The molecule has 0 aliphatic carbocycles. The number of aliphatic hydroxyl groups excluding tert-OH is 1. The van der Waals surface area contributed by atoms with E-state index in [1.807, 2.05) is 42.5 Å². The van der Waals surface area contributed by atoms with Gasteiger partial charge >= 0.3 is 0 Å². The van der Waals surface area contributed by atoms with E-state index in [1.54, 1.807) is 18.5 Å². The predicted molar refractivity (Wildman–Crippen MR) is 89.3 cm³/mol. The molecule has 3 nitrogen and oxygen atoms in total. The SMILES string of the molecule is OCc1ccccc1NCc1ccc(-c2ccncc2)cc1F. The van der Waals surface area contributed by atoms with E-state index in [1.165, 1.54) is 6.07 Å². The molecule has 0 aliphatic rings. The van der Waals surface area contributed by atoms with Gasteiger partial charge in [0.1, 0.15) is 5.82 Å². The van der Waals surface area contributed by atoms with Crippen molar-refractivity contribution in [2.75, 3.05) is 5.32 Å². The zero-order valence-corrected chi connectivity index (χ0v) is 12.5. The van der Waals surface area contributed by atoms with Crippen molar-refractivity contribution in [3.05, 3.63) is 83.9 Å². The average molecular weight is 308 g/mol. The van der Waals surface area contributed by atoms with Crippen LogP contribution >= 0.6 is 0 Å². The van der Waals surface area contributed by atoms with Crippen molar-refractivity contribution in [3.63, 3.8) is 0 Å². The minimum Gasteiger partial charge on any atom is -0.392 e. The Balaban J connectivity index is 1.77. The molecular formula is C19H17FN2O. The molecule has 0 bridgehead atoms. The molecule has 0 unspecified atom stereocenters. The lowest BCUT2D eigenvalue weighted by Gasteiger charge is -2.12. The highest BCUT2D eigenvalue weighted by atomic mass is 19.1. The number of benzene rings is 2. The number of hydrogen-bond acceptors (Lipinski definition) is 3. The van der Waals surface area contributed by atoms with Crippen molar-refractivity contribution in [1.82, 2.24) is 4.98 Å². The molecule has 23 heavy (non-hydrogen) atoms. The summed E-state index contributed by atoms with van der Waals surface area (Å²) in [5.41, 5.74) is 3.94. The molecule has 0 saturated carbocycles. The first-order valence-electron chi connectivity index (χ1n) is 7.39. The molecule has 2 aromatic carbocycles. The Morgan fingerprint density at radius 1 is 0.913 bits per heavy atom. The first kappa shape index (κ1) is 15.2. The number of hydrogen-bond donors (Lipinski definition) is 2. The Morgan fingerprint density at radius 3 is 2.43 bits per heavy atom. The molecule has 3 rings (SSSR count). The van der Waals surface area contributed by atoms with Crippen LogP contribution in [-0.4, -0.2) is 10.1 Å². The van der Waals surface area contributed by atoms with Crippen LogP contribution in [-0.2, 0) is 13.2 Å². The fraction of sp³-hybridized carbons (Fsp3) is 0.105. The Kier molecular flexibility index (Phi) is 4.64. The summed E-state index contributed by atoms with van der Waals surface area (Å²) in [7, 11) is 0. The second-order valence-electron chi connectivity index (χ2n) is 5.21. The van der Waals surface area contributed by atoms with Gasteiger partial charge in [0.25, 0.3) is 0 Å². The molecule has 4 heteroatoms. The van der Waals surface area contributed by atoms with Crippen LogP contribution in [0.5, 0.6) is 0 Å². The largest absolute Gasteiger partial charge is 0.392 e. The minimum atomic E-state index is -0.256. The van der Waals surface area contributed by atoms with Crippen LogP contribution in [0.4, 0.5) is 10.1 Å². The number of nitrogens with zero attached hydrogens (tertiary/aromatic N) is 1. The van der Waals surface area contributed by atoms with Gasteiger partial charge in [-0.25, -0.2) is 4.39 Å². The molecule has 0 atom stereocenters. The summed E-state index contributed by atoms with van der Waals surface area (Å²) in [6.45, 7) is 0.312. The quantitative estimate of drug-likeness (QED) is 0.749. The maximum absolute atomic E-state index is 14.3. The van der Waals surface area contributed by atoms with Gasteiger partial charge in [-0.1, -0.05) is 30.3 Å². The standard InChI is InChI=1S/C19H17FN2O/c20-18-11-15(14-7-9-21-10-8-14)5-6-16(18)12-22-19-4-2-1-3-17(19)13-23/h1-11,22-23H,12-13H2. The average Bonchev–Trinajstić information content (AvgIpc) is 2.61. The molecule has 0 spiro atoms. The van der Waals surface area contributed by atoms with Crippen molar-refractivity contribution in [1.29, 1.82) is 0 Å². The third kappa shape index (κ3) is 3.55. The van der Waals surface area contributed by atoms with Crippen LogP contribution in [0.3, 0.4) is 0 Å². The number of nitrogens with one attached hydrogen (secondary N) is 1. The molecule has 1 heterocycles. The summed E-state index contributed by atoms with van der Waals surface area (Å²) in [5.74, 6) is -0.256. The smallest absolute Gasteiger partial charge is 0.128 e. The van der Waals surface area contributed by atoms with Crippen LogP contribution in [0.1, 0.15) is 11.1 Å². The second kappa shape index (κ2) is 7.03. The monoisotopic (exact) mass is 308 g/mol. The van der Waals surface area contributed by atoms with Crippen LogP contribution in [0.15, 0.2) is 67.0 Å². The summed E-state index contributed by atoms with van der Waals surface area (Å²) >= 11 is 0. The second-order valence-corrected chi connectivity index (χ2v) is 5.21. The summed E-state index contributed by atoms with van der Waals surface area (Å²) in [5, 5.41) is 12.5. The number of aromatic nitrogens is 1. The molecule has 0 saturated heterocycles. The number of aliphatic hydroxyl groups is 1. The van der Waals surface area contributed by atoms with Gasteiger partial charge in [-0.15, -0.1) is 0 Å². The van der Waals surface area contributed by atoms with Gasteiger partial charge in [-0.3, -0.25) is 4.98 Å². The van der Waals surface area contributed by atoms with Gasteiger partial charge in [0, 0.05) is 35.8 Å². The molecule has 0 amide bonds. The highest BCUT2D eigenvalue weighted by molar-refractivity contribution is 5.63. The van der Waals surface area contributed by atoms with Gasteiger partial charge in [-0.2, -0.15) is 0 Å². The van der Waals surface area contributed by atoms with Crippen molar-refractivity contribution in [2.24, 2.45) is 0 Å². The number of halogens is 1. The van der Waals surface area contributed by atoms with Gasteiger partial charge < -0.3 is 10.4 Å². The number of anilines is 1. The Bertz CT molecular complexity index is 790. The highest BCUT2D eigenvalue weighted by Gasteiger charge is 2.06. The molecule has 0 radical (unpaired) electrons. The number of rotatable bonds is 5. The van der Waals surface area contributed by atoms with Crippen LogP contribution < -0.4 is 5.32 Å². The van der Waals surface area contributed by atoms with E-state index in [0.717, 1.165) is 22.4 Å². The van der Waals surface area contributed by atoms with E-state index in [0.29, 0.717) is 12.1 Å². The van der Waals surface area contributed by atoms with E-state index >= 15 is 0 Å². The minimum absolute atomic E-state index is 0.0490. The molecule has 116 valence electrons. The van der Waals surface area contributed by atoms with Crippen molar-refractivity contribution in [3.8, 4) is 11.1 Å². The molecule has 2 N–H and O–H groups in total. The first-order chi connectivity index (χ1) is 11.3. The first-order valence-corrected chi connectivity index (χ1v) is 7.39. The third-order valence-corrected chi connectivity index (χ3v) is 3.72. The third-order valence-electron chi connectivity index (χ3n) is 3.72. The fourth-order valence-electron chi connectivity index (χ4n) is 2.44. The van der Waals surface area contributed by atoms with Crippen LogP contribution in [0.25, 0.3) is 11.1 Å². The number of pyridine rings is 1. The van der Waals surface area contributed by atoms with E-state index in [4.69, 9.17) is 0 Å². The summed E-state index contributed by atoms with van der Waals surface area (Å²) in [6.07, 6.45) is 3.38. The van der Waals surface area contributed by atoms with E-state index in [9.17, 15) is 9.50 Å². The van der Waals surface area contributed by atoms with Gasteiger partial charge in [-0.05, 0) is 35.4 Å².